The Kier molecular flexibility index (Phi) is 5.80. The highest BCUT2D eigenvalue weighted by molar-refractivity contribution is 7.91. The lowest BCUT2D eigenvalue weighted by molar-refractivity contribution is 0.104. The Bertz CT molecular complexity index is 1240. The summed E-state index contributed by atoms with van der Waals surface area (Å²) in [6.07, 6.45) is 2.06. The SMILES string of the molecule is O=C1/C(=C/c2ccc(Cl)cc2)S(=O)Nc2ccc(C#CCc3ccc(F)cc3)cc21. The van der Waals surface area contributed by atoms with Gasteiger partial charge in [-0.25, -0.2) is 8.60 Å². The maximum absolute atomic E-state index is 13.0. The van der Waals surface area contributed by atoms with Gasteiger partial charge >= 0.3 is 0 Å². The Hall–Kier alpha value is -3.20. The van der Waals surface area contributed by atoms with Crippen LogP contribution in [-0.2, 0) is 17.4 Å². The highest BCUT2D eigenvalue weighted by Gasteiger charge is 2.27. The van der Waals surface area contributed by atoms with E-state index in [1.54, 1.807) is 60.7 Å². The standard InChI is InChI=1S/C24H15ClFNO2S/c25-19-9-4-18(5-10-19)15-23-24(28)21-14-17(8-13-22(21)27-30(23)29)3-1-2-16-6-11-20(26)12-7-16/h4-15,27H,2H2/b23-15-. The Balaban J connectivity index is 1.59. The molecule has 0 amide bonds. The van der Waals surface area contributed by atoms with Gasteiger partial charge in [-0.2, -0.15) is 0 Å². The predicted octanol–water partition coefficient (Wildman–Crippen LogP) is 5.39. The van der Waals surface area contributed by atoms with Gasteiger partial charge in [0.2, 0.25) is 5.78 Å². The second-order valence-corrected chi connectivity index (χ2v) is 8.24. The zero-order valence-corrected chi connectivity index (χ0v) is 17.2. The zero-order chi connectivity index (χ0) is 21.1. The van der Waals surface area contributed by atoms with Crippen LogP contribution in [-0.4, -0.2) is 9.99 Å². The molecular formula is C24H15ClFNO2S. The summed E-state index contributed by atoms with van der Waals surface area (Å²) >= 11 is 5.89. The van der Waals surface area contributed by atoms with Crippen molar-refractivity contribution in [3.8, 4) is 11.8 Å². The quantitative estimate of drug-likeness (QED) is 0.433. The molecule has 3 aromatic rings. The smallest absolute Gasteiger partial charge is 0.205 e. The molecule has 1 atom stereocenters. The van der Waals surface area contributed by atoms with Crippen LogP contribution >= 0.6 is 11.6 Å². The summed E-state index contributed by atoms with van der Waals surface area (Å²) in [6.45, 7) is 0. The van der Waals surface area contributed by atoms with Crippen molar-refractivity contribution in [3.63, 3.8) is 0 Å². The van der Waals surface area contributed by atoms with Gasteiger partial charge < -0.3 is 4.72 Å². The van der Waals surface area contributed by atoms with Gasteiger partial charge in [0, 0.05) is 22.6 Å². The van der Waals surface area contributed by atoms with Crippen LogP contribution in [0.1, 0.15) is 27.0 Å². The zero-order valence-electron chi connectivity index (χ0n) is 15.6. The van der Waals surface area contributed by atoms with Crippen LogP contribution in [0.3, 0.4) is 0 Å². The second-order valence-electron chi connectivity index (χ2n) is 6.63. The number of ketones is 1. The van der Waals surface area contributed by atoms with E-state index in [1.165, 1.54) is 12.1 Å². The number of halogens is 2. The van der Waals surface area contributed by atoms with Crippen molar-refractivity contribution in [1.29, 1.82) is 0 Å². The molecule has 1 N–H and O–H groups in total. The number of rotatable bonds is 2. The van der Waals surface area contributed by atoms with Gasteiger partial charge in [0.1, 0.15) is 10.7 Å². The van der Waals surface area contributed by atoms with E-state index in [9.17, 15) is 13.4 Å². The first-order chi connectivity index (χ1) is 14.5. The van der Waals surface area contributed by atoms with Gasteiger partial charge in [0.15, 0.2) is 11.0 Å². The average Bonchev–Trinajstić information content (AvgIpc) is 2.74. The maximum Gasteiger partial charge on any atom is 0.205 e. The van der Waals surface area contributed by atoms with Crippen LogP contribution < -0.4 is 4.72 Å². The van der Waals surface area contributed by atoms with E-state index in [-0.39, 0.29) is 16.5 Å². The van der Waals surface area contributed by atoms with Crippen molar-refractivity contribution in [2.75, 3.05) is 4.72 Å². The first kappa shape index (κ1) is 20.1. The first-order valence-corrected chi connectivity index (χ1v) is 10.6. The highest BCUT2D eigenvalue weighted by atomic mass is 35.5. The number of allylic oxidation sites excluding steroid dienone is 1. The molecule has 148 valence electrons. The van der Waals surface area contributed by atoms with E-state index in [2.05, 4.69) is 16.6 Å². The van der Waals surface area contributed by atoms with E-state index in [0.29, 0.717) is 28.3 Å². The summed E-state index contributed by atoms with van der Waals surface area (Å²) in [7, 11) is -1.65. The van der Waals surface area contributed by atoms with Crippen LogP contribution in [0.5, 0.6) is 0 Å². The number of carbonyl (C=O) groups excluding carboxylic acids is 1. The minimum atomic E-state index is -1.65. The third-order valence-corrected chi connectivity index (χ3v) is 5.86. The molecule has 0 radical (unpaired) electrons. The van der Waals surface area contributed by atoms with Crippen molar-refractivity contribution in [3.05, 3.63) is 105 Å². The monoisotopic (exact) mass is 435 g/mol. The van der Waals surface area contributed by atoms with Gasteiger partial charge in [0.25, 0.3) is 0 Å². The third kappa shape index (κ3) is 4.51. The summed E-state index contributed by atoms with van der Waals surface area (Å²) in [6, 6.07) is 18.3. The summed E-state index contributed by atoms with van der Waals surface area (Å²) < 4.78 is 28.3. The molecule has 1 heterocycles. The molecule has 6 heteroatoms. The summed E-state index contributed by atoms with van der Waals surface area (Å²) in [4.78, 5) is 13.1. The fourth-order valence-electron chi connectivity index (χ4n) is 2.95. The number of fused-ring (bicyclic) bond motifs is 1. The molecule has 0 spiro atoms. The Labute approximate surface area is 181 Å². The summed E-state index contributed by atoms with van der Waals surface area (Å²) in [5.74, 6) is 5.47. The number of benzene rings is 3. The molecule has 0 aliphatic carbocycles. The van der Waals surface area contributed by atoms with Gasteiger partial charge in [-0.3, -0.25) is 4.79 Å². The first-order valence-electron chi connectivity index (χ1n) is 9.07. The number of anilines is 1. The van der Waals surface area contributed by atoms with E-state index >= 15 is 0 Å². The fourth-order valence-corrected chi connectivity index (χ4v) is 4.09. The topological polar surface area (TPSA) is 46.2 Å². The molecule has 0 saturated carbocycles. The summed E-state index contributed by atoms with van der Waals surface area (Å²) in [5.41, 5.74) is 3.24. The molecule has 3 aromatic carbocycles. The van der Waals surface area contributed by atoms with E-state index in [0.717, 1.165) is 11.1 Å². The van der Waals surface area contributed by atoms with E-state index in [4.69, 9.17) is 11.6 Å². The average molecular weight is 436 g/mol. The number of Topliss-reactive ketones (excluding diaryl/α,β-unsaturated/α-hetero) is 1. The Morgan fingerprint density at radius 1 is 1.03 bits per heavy atom. The van der Waals surface area contributed by atoms with Crippen LogP contribution in [0.4, 0.5) is 10.1 Å². The van der Waals surface area contributed by atoms with E-state index < -0.39 is 11.0 Å². The van der Waals surface area contributed by atoms with Crippen LogP contribution in [0.25, 0.3) is 6.08 Å². The van der Waals surface area contributed by atoms with Crippen molar-refractivity contribution in [2.24, 2.45) is 0 Å². The van der Waals surface area contributed by atoms with Crippen molar-refractivity contribution < 1.29 is 13.4 Å². The molecule has 0 fully saturated rings. The van der Waals surface area contributed by atoms with Crippen molar-refractivity contribution in [2.45, 2.75) is 6.42 Å². The lowest BCUT2D eigenvalue weighted by Crippen LogP contribution is -2.22. The van der Waals surface area contributed by atoms with Gasteiger partial charge in [-0.1, -0.05) is 47.7 Å². The van der Waals surface area contributed by atoms with Gasteiger partial charge in [-0.15, -0.1) is 0 Å². The highest BCUT2D eigenvalue weighted by Crippen LogP contribution is 2.29. The Morgan fingerprint density at radius 2 is 1.77 bits per heavy atom. The molecule has 0 aromatic heterocycles. The van der Waals surface area contributed by atoms with Crippen LogP contribution in [0.2, 0.25) is 5.02 Å². The van der Waals surface area contributed by atoms with Crippen molar-refractivity contribution >= 4 is 40.1 Å². The van der Waals surface area contributed by atoms with Gasteiger partial charge in [0.05, 0.1) is 5.69 Å². The van der Waals surface area contributed by atoms with E-state index in [1.807, 2.05) is 0 Å². The normalized spacial score (nSPS) is 16.4. The lowest BCUT2D eigenvalue weighted by Gasteiger charge is -2.19. The fraction of sp³-hybridized carbons (Fsp3) is 0.0417. The number of hydrogen-bond donors (Lipinski definition) is 1. The molecule has 1 aliphatic heterocycles. The minimum absolute atomic E-state index is 0.168. The maximum atomic E-state index is 13.0. The molecule has 1 unspecified atom stereocenters. The predicted molar refractivity (Wildman–Crippen MR) is 119 cm³/mol. The molecule has 1 aliphatic rings. The third-order valence-electron chi connectivity index (χ3n) is 4.50. The molecule has 30 heavy (non-hydrogen) atoms. The number of hydrogen-bond acceptors (Lipinski definition) is 2. The number of nitrogens with one attached hydrogen (secondary N) is 1. The molecular weight excluding hydrogens is 421 g/mol. The minimum Gasteiger partial charge on any atom is -0.300 e. The molecule has 0 saturated heterocycles. The summed E-state index contributed by atoms with van der Waals surface area (Å²) in [5, 5.41) is 0.584. The van der Waals surface area contributed by atoms with Crippen molar-refractivity contribution in [1.82, 2.24) is 0 Å². The molecule has 0 bridgehead atoms. The van der Waals surface area contributed by atoms with Crippen LogP contribution in [0.15, 0.2) is 71.6 Å². The largest absolute Gasteiger partial charge is 0.300 e. The second kappa shape index (κ2) is 8.66. The Morgan fingerprint density at radius 3 is 2.50 bits per heavy atom. The van der Waals surface area contributed by atoms with Gasteiger partial charge in [-0.05, 0) is 59.7 Å². The number of carbonyl (C=O) groups is 1. The van der Waals surface area contributed by atoms with Crippen LogP contribution in [0, 0.1) is 17.7 Å². The lowest BCUT2D eigenvalue weighted by atomic mass is 10.0. The molecule has 3 nitrogen and oxygen atoms in total. The molecule has 4 rings (SSSR count).